The number of hydrogen-bond acceptors (Lipinski definition) is 7. The zero-order valence-electron chi connectivity index (χ0n) is 15.3. The van der Waals surface area contributed by atoms with Gasteiger partial charge in [-0.3, -0.25) is 4.79 Å². The fourth-order valence-electron chi connectivity index (χ4n) is 3.14. The molecule has 2 aromatic rings. The highest BCUT2D eigenvalue weighted by Gasteiger charge is 2.32. The summed E-state index contributed by atoms with van der Waals surface area (Å²) >= 11 is 1.13. The smallest absolute Gasteiger partial charge is 0.265 e. The molecule has 2 aliphatic heterocycles. The number of morpholine rings is 1. The molecule has 1 saturated heterocycles. The van der Waals surface area contributed by atoms with Crippen molar-refractivity contribution >= 4 is 27.3 Å². The molecule has 0 saturated carbocycles. The average molecular weight is 425 g/mol. The van der Waals surface area contributed by atoms with E-state index in [0.29, 0.717) is 44.3 Å². The van der Waals surface area contributed by atoms with Crippen LogP contribution in [0.5, 0.6) is 11.5 Å². The van der Waals surface area contributed by atoms with Crippen LogP contribution in [0, 0.1) is 0 Å². The Hall–Kier alpha value is -2.14. The highest BCUT2D eigenvalue weighted by molar-refractivity contribution is 7.89. The Morgan fingerprint density at radius 2 is 1.93 bits per heavy atom. The van der Waals surface area contributed by atoms with Crippen molar-refractivity contribution < 1.29 is 27.4 Å². The third-order valence-corrected chi connectivity index (χ3v) is 7.59. The lowest BCUT2D eigenvalue weighted by atomic mass is 10.2. The number of thiophene rings is 1. The van der Waals surface area contributed by atoms with Crippen molar-refractivity contribution in [3.63, 3.8) is 0 Å². The van der Waals surface area contributed by atoms with E-state index in [1.165, 1.54) is 15.3 Å². The van der Waals surface area contributed by atoms with E-state index >= 15 is 0 Å². The summed E-state index contributed by atoms with van der Waals surface area (Å²) in [7, 11) is -2.08. The Morgan fingerprint density at radius 3 is 2.71 bits per heavy atom. The molecule has 1 aromatic heterocycles. The summed E-state index contributed by atoms with van der Waals surface area (Å²) in [5.41, 5.74) is 0.870. The third-order valence-electron chi connectivity index (χ3n) is 4.61. The van der Waals surface area contributed by atoms with Gasteiger partial charge in [0.2, 0.25) is 16.8 Å². The highest BCUT2D eigenvalue weighted by atomic mass is 32.2. The first-order chi connectivity index (χ1) is 13.5. The number of carbonyl (C=O) groups is 1. The molecule has 150 valence electrons. The molecule has 0 spiro atoms. The van der Waals surface area contributed by atoms with E-state index < -0.39 is 10.0 Å². The van der Waals surface area contributed by atoms with Gasteiger partial charge >= 0.3 is 0 Å². The summed E-state index contributed by atoms with van der Waals surface area (Å²) in [6.45, 7) is 1.81. The summed E-state index contributed by atoms with van der Waals surface area (Å²) < 4.78 is 43.2. The zero-order valence-corrected chi connectivity index (χ0v) is 16.9. The number of benzene rings is 1. The van der Waals surface area contributed by atoms with E-state index in [-0.39, 0.29) is 22.5 Å². The van der Waals surface area contributed by atoms with Crippen LogP contribution >= 0.6 is 11.3 Å². The predicted molar refractivity (Wildman–Crippen MR) is 102 cm³/mol. The molecule has 8 nitrogen and oxygen atoms in total. The molecule has 10 heteroatoms. The van der Waals surface area contributed by atoms with E-state index in [4.69, 9.17) is 14.2 Å². The van der Waals surface area contributed by atoms with Crippen LogP contribution in [-0.4, -0.2) is 63.7 Å². The minimum Gasteiger partial charge on any atom is -0.454 e. The molecule has 2 aliphatic rings. The predicted octanol–water partition coefficient (Wildman–Crippen LogP) is 1.77. The van der Waals surface area contributed by atoms with E-state index in [9.17, 15) is 13.2 Å². The number of ether oxygens (including phenoxy) is 3. The second kappa shape index (κ2) is 7.70. The number of amides is 1. The third kappa shape index (κ3) is 3.60. The second-order valence-corrected chi connectivity index (χ2v) is 9.30. The van der Waals surface area contributed by atoms with E-state index in [1.54, 1.807) is 18.5 Å². The number of hydrogen-bond donors (Lipinski definition) is 0. The standard InChI is InChI=1S/C18H20N2O6S2/c1-19(11-13-2-3-14-15(10-13)26-12-25-14)18(21)17-16(4-9-27-17)28(22,23)20-5-7-24-8-6-20/h2-4,9-10H,5-8,11-12H2,1H3. The summed E-state index contributed by atoms with van der Waals surface area (Å²) in [5.74, 6) is 0.986. The summed E-state index contributed by atoms with van der Waals surface area (Å²) in [5, 5.41) is 1.63. The van der Waals surface area contributed by atoms with Crippen LogP contribution in [-0.2, 0) is 21.3 Å². The Labute approximate surface area is 167 Å². The number of carbonyl (C=O) groups excluding carboxylic acids is 1. The first kappa shape index (κ1) is 19.2. The lowest BCUT2D eigenvalue weighted by Crippen LogP contribution is -2.41. The first-order valence-electron chi connectivity index (χ1n) is 8.76. The van der Waals surface area contributed by atoms with Crippen LogP contribution in [0.2, 0.25) is 0 Å². The highest BCUT2D eigenvalue weighted by Crippen LogP contribution is 2.33. The van der Waals surface area contributed by atoms with Gasteiger partial charge in [-0.05, 0) is 29.1 Å². The molecule has 0 unspecified atom stereocenters. The molecule has 28 heavy (non-hydrogen) atoms. The van der Waals surface area contributed by atoms with Gasteiger partial charge < -0.3 is 19.1 Å². The van der Waals surface area contributed by atoms with Gasteiger partial charge in [-0.2, -0.15) is 4.31 Å². The fourth-order valence-corrected chi connectivity index (χ4v) is 5.94. The maximum atomic E-state index is 13.0. The SMILES string of the molecule is CN(Cc1ccc2c(c1)OCO2)C(=O)c1sccc1S(=O)(=O)N1CCOCC1. The summed E-state index contributed by atoms with van der Waals surface area (Å²) in [6, 6.07) is 6.98. The number of fused-ring (bicyclic) bond motifs is 1. The maximum Gasteiger partial charge on any atom is 0.265 e. The van der Waals surface area contributed by atoms with Gasteiger partial charge in [-0.15, -0.1) is 11.3 Å². The zero-order chi connectivity index (χ0) is 19.7. The van der Waals surface area contributed by atoms with Crippen molar-refractivity contribution in [2.24, 2.45) is 0 Å². The van der Waals surface area contributed by atoms with E-state index in [0.717, 1.165) is 16.9 Å². The Balaban J connectivity index is 1.53. The number of rotatable bonds is 5. The van der Waals surface area contributed by atoms with Crippen molar-refractivity contribution in [3.8, 4) is 11.5 Å². The van der Waals surface area contributed by atoms with Gasteiger partial charge in [0.05, 0.1) is 13.2 Å². The van der Waals surface area contributed by atoms with Crippen LogP contribution in [0.15, 0.2) is 34.5 Å². The lowest BCUT2D eigenvalue weighted by molar-refractivity contribution is 0.0728. The molecular formula is C18H20N2O6S2. The quantitative estimate of drug-likeness (QED) is 0.727. The molecule has 0 bridgehead atoms. The molecule has 1 fully saturated rings. The fraction of sp³-hybridized carbons (Fsp3) is 0.389. The van der Waals surface area contributed by atoms with E-state index in [2.05, 4.69) is 0 Å². The van der Waals surface area contributed by atoms with Gasteiger partial charge in [0, 0.05) is 26.7 Å². The molecule has 3 heterocycles. The van der Waals surface area contributed by atoms with Gasteiger partial charge in [0.25, 0.3) is 5.91 Å². The van der Waals surface area contributed by atoms with Crippen LogP contribution in [0.3, 0.4) is 0 Å². The van der Waals surface area contributed by atoms with Crippen LogP contribution in [0.25, 0.3) is 0 Å². The summed E-state index contributed by atoms with van der Waals surface area (Å²) in [4.78, 5) is 14.7. The molecule has 0 N–H and O–H groups in total. The molecule has 0 atom stereocenters. The van der Waals surface area contributed by atoms with Gasteiger partial charge in [-0.1, -0.05) is 6.07 Å². The van der Waals surface area contributed by atoms with E-state index in [1.807, 2.05) is 12.1 Å². The largest absolute Gasteiger partial charge is 0.454 e. The molecular weight excluding hydrogens is 404 g/mol. The Morgan fingerprint density at radius 1 is 1.18 bits per heavy atom. The molecule has 4 rings (SSSR count). The van der Waals surface area contributed by atoms with Crippen LogP contribution < -0.4 is 9.47 Å². The van der Waals surface area contributed by atoms with Gasteiger partial charge in [0.15, 0.2) is 11.5 Å². The van der Waals surface area contributed by atoms with Crippen LogP contribution in [0.4, 0.5) is 0 Å². The molecule has 0 aliphatic carbocycles. The minimum absolute atomic E-state index is 0.0573. The van der Waals surface area contributed by atoms with Gasteiger partial charge in [0.1, 0.15) is 9.77 Å². The van der Waals surface area contributed by atoms with Crippen molar-refractivity contribution in [3.05, 3.63) is 40.1 Å². The maximum absolute atomic E-state index is 13.0. The van der Waals surface area contributed by atoms with Crippen molar-refractivity contribution in [2.45, 2.75) is 11.4 Å². The number of nitrogens with zero attached hydrogens (tertiary/aromatic N) is 2. The Kier molecular flexibility index (Phi) is 5.28. The monoisotopic (exact) mass is 424 g/mol. The summed E-state index contributed by atoms with van der Waals surface area (Å²) in [6.07, 6.45) is 0. The van der Waals surface area contributed by atoms with Crippen LogP contribution in [0.1, 0.15) is 15.2 Å². The van der Waals surface area contributed by atoms with Crippen molar-refractivity contribution in [1.82, 2.24) is 9.21 Å². The first-order valence-corrected chi connectivity index (χ1v) is 11.1. The molecule has 0 radical (unpaired) electrons. The van der Waals surface area contributed by atoms with Crippen molar-refractivity contribution in [2.75, 3.05) is 40.1 Å². The topological polar surface area (TPSA) is 85.4 Å². The molecule has 1 amide bonds. The van der Waals surface area contributed by atoms with Crippen molar-refractivity contribution in [1.29, 1.82) is 0 Å². The molecule has 1 aromatic carbocycles. The number of sulfonamides is 1. The minimum atomic E-state index is -3.73. The normalized spacial score (nSPS) is 16.9. The van der Waals surface area contributed by atoms with Gasteiger partial charge in [-0.25, -0.2) is 8.42 Å². The lowest BCUT2D eigenvalue weighted by Gasteiger charge is -2.26. The average Bonchev–Trinajstić information content (AvgIpc) is 3.37. The second-order valence-electron chi connectivity index (χ2n) is 6.48. The Bertz CT molecular complexity index is 982.